The molecule has 0 unspecified atom stereocenters. The summed E-state index contributed by atoms with van der Waals surface area (Å²) >= 11 is 7.47. The predicted octanol–water partition coefficient (Wildman–Crippen LogP) is 4.73. The van der Waals surface area contributed by atoms with Crippen LogP contribution in [0.15, 0.2) is 41.0 Å². The minimum Gasteiger partial charge on any atom is -0.467 e. The van der Waals surface area contributed by atoms with Crippen molar-refractivity contribution < 1.29 is 9.21 Å². The Morgan fingerprint density at radius 1 is 1.41 bits per heavy atom. The van der Waals surface area contributed by atoms with Gasteiger partial charge in [-0.25, -0.2) is 4.98 Å². The Hall–Kier alpha value is -1.85. The van der Waals surface area contributed by atoms with Crippen LogP contribution in [0.2, 0.25) is 5.02 Å². The molecule has 0 N–H and O–H groups in total. The number of rotatable bonds is 4. The van der Waals surface area contributed by atoms with Gasteiger partial charge in [0.25, 0.3) is 0 Å². The quantitative estimate of drug-likeness (QED) is 0.692. The third-order valence-electron chi connectivity index (χ3n) is 3.22. The van der Waals surface area contributed by atoms with Gasteiger partial charge in [0.05, 0.1) is 23.0 Å². The highest BCUT2D eigenvalue weighted by Crippen LogP contribution is 2.32. The number of aromatic nitrogens is 1. The molecule has 2 aromatic heterocycles. The van der Waals surface area contributed by atoms with Crippen molar-refractivity contribution in [2.75, 3.05) is 4.90 Å². The number of fused-ring (bicyclic) bond motifs is 1. The number of furan rings is 1. The van der Waals surface area contributed by atoms with Crippen molar-refractivity contribution in [3.8, 4) is 0 Å². The number of nitrogens with zero attached hydrogens (tertiary/aromatic N) is 2. The van der Waals surface area contributed by atoms with E-state index < -0.39 is 0 Å². The molecule has 3 rings (SSSR count). The lowest BCUT2D eigenvalue weighted by molar-refractivity contribution is -0.121. The summed E-state index contributed by atoms with van der Waals surface area (Å²) in [5.74, 6) is 0.624. The Morgan fingerprint density at radius 2 is 2.23 bits per heavy atom. The number of anilines is 1. The molecule has 0 fully saturated rings. The summed E-state index contributed by atoms with van der Waals surface area (Å²) in [6, 6.07) is 9.19. The molecule has 0 atom stereocenters. The summed E-state index contributed by atoms with van der Waals surface area (Å²) in [5, 5.41) is 1.32. The summed E-state index contributed by atoms with van der Waals surface area (Å²) in [6.07, 6.45) is 1.60. The fraction of sp³-hybridized carbons (Fsp3) is 0.250. The summed E-state index contributed by atoms with van der Waals surface area (Å²) in [6.45, 7) is 4.13. The maximum atomic E-state index is 12.5. The average Bonchev–Trinajstić information content (AvgIpc) is 3.12. The van der Waals surface area contributed by atoms with Crippen LogP contribution in [0.5, 0.6) is 0 Å². The molecule has 2 heterocycles. The minimum atomic E-state index is -0.120. The number of thiazole rings is 1. The van der Waals surface area contributed by atoms with Gasteiger partial charge in [0, 0.05) is 10.9 Å². The molecule has 6 heteroatoms. The SMILES string of the molecule is CC(C)C(=O)N(Cc1ccco1)c1nc2ccc(Cl)cc2s1. The zero-order valence-corrected chi connectivity index (χ0v) is 13.8. The smallest absolute Gasteiger partial charge is 0.231 e. The Kier molecular flexibility index (Phi) is 4.18. The van der Waals surface area contributed by atoms with Crippen LogP contribution >= 0.6 is 22.9 Å². The van der Waals surface area contributed by atoms with Gasteiger partial charge in [-0.15, -0.1) is 0 Å². The summed E-state index contributed by atoms with van der Waals surface area (Å²) in [7, 11) is 0. The Bertz CT molecular complexity index is 796. The van der Waals surface area contributed by atoms with Crippen molar-refractivity contribution in [3.05, 3.63) is 47.4 Å². The molecule has 4 nitrogen and oxygen atoms in total. The second-order valence-corrected chi connectivity index (χ2v) is 6.71. The second-order valence-electron chi connectivity index (χ2n) is 5.27. The molecule has 0 aliphatic carbocycles. The molecule has 0 spiro atoms. The number of hydrogen-bond donors (Lipinski definition) is 0. The van der Waals surface area contributed by atoms with Gasteiger partial charge >= 0.3 is 0 Å². The van der Waals surface area contributed by atoms with Crippen molar-refractivity contribution in [3.63, 3.8) is 0 Å². The number of halogens is 1. The van der Waals surface area contributed by atoms with E-state index in [4.69, 9.17) is 16.0 Å². The first-order valence-corrected chi connectivity index (χ1v) is 8.14. The van der Waals surface area contributed by atoms with Crippen LogP contribution in [0, 0.1) is 5.92 Å². The highest BCUT2D eigenvalue weighted by Gasteiger charge is 2.23. The highest BCUT2D eigenvalue weighted by atomic mass is 35.5. The third kappa shape index (κ3) is 3.00. The van der Waals surface area contributed by atoms with Crippen molar-refractivity contribution >= 4 is 44.2 Å². The number of amides is 1. The second kappa shape index (κ2) is 6.10. The average molecular weight is 335 g/mol. The first kappa shape index (κ1) is 15.1. The normalized spacial score (nSPS) is 11.3. The molecule has 0 aliphatic rings. The van der Waals surface area contributed by atoms with Gasteiger partial charge in [0.1, 0.15) is 5.76 Å². The van der Waals surface area contributed by atoms with E-state index in [1.807, 2.05) is 38.1 Å². The van der Waals surface area contributed by atoms with Crippen molar-refractivity contribution in [2.24, 2.45) is 5.92 Å². The molecule has 1 aromatic carbocycles. The van der Waals surface area contributed by atoms with Gasteiger partial charge in [-0.1, -0.05) is 36.8 Å². The van der Waals surface area contributed by atoms with Crippen LogP contribution in [0.3, 0.4) is 0 Å². The lowest BCUT2D eigenvalue weighted by atomic mass is 10.2. The van der Waals surface area contributed by atoms with Crippen LogP contribution in [0.25, 0.3) is 10.2 Å². The van der Waals surface area contributed by atoms with Gasteiger partial charge in [-0.3, -0.25) is 9.69 Å². The molecule has 0 radical (unpaired) electrons. The van der Waals surface area contributed by atoms with E-state index in [1.54, 1.807) is 17.2 Å². The fourth-order valence-electron chi connectivity index (χ4n) is 2.11. The third-order valence-corrected chi connectivity index (χ3v) is 4.50. The molecular formula is C16H15ClN2O2S. The van der Waals surface area contributed by atoms with E-state index >= 15 is 0 Å². The molecule has 1 amide bonds. The van der Waals surface area contributed by atoms with Gasteiger partial charge in [0.15, 0.2) is 5.13 Å². The van der Waals surface area contributed by atoms with E-state index in [-0.39, 0.29) is 11.8 Å². The van der Waals surface area contributed by atoms with Crippen LogP contribution < -0.4 is 4.90 Å². The molecule has 0 saturated heterocycles. The maximum Gasteiger partial charge on any atom is 0.231 e. The lowest BCUT2D eigenvalue weighted by Gasteiger charge is -2.20. The molecule has 22 heavy (non-hydrogen) atoms. The molecular weight excluding hydrogens is 320 g/mol. The van der Waals surface area contributed by atoms with E-state index in [0.717, 1.165) is 16.0 Å². The van der Waals surface area contributed by atoms with Crippen LogP contribution in [0.4, 0.5) is 5.13 Å². The molecule has 0 bridgehead atoms. The largest absolute Gasteiger partial charge is 0.467 e. The monoisotopic (exact) mass is 334 g/mol. The number of benzene rings is 1. The Labute approximate surface area is 137 Å². The standard InChI is InChI=1S/C16H15ClN2O2S/c1-10(2)15(20)19(9-12-4-3-7-21-12)16-18-13-6-5-11(17)8-14(13)22-16/h3-8,10H,9H2,1-2H3. The van der Waals surface area contributed by atoms with Crippen LogP contribution in [0.1, 0.15) is 19.6 Å². The van der Waals surface area contributed by atoms with Gasteiger partial charge in [0.2, 0.25) is 5.91 Å². The summed E-state index contributed by atoms with van der Waals surface area (Å²) in [4.78, 5) is 18.8. The maximum absolute atomic E-state index is 12.5. The Morgan fingerprint density at radius 3 is 2.91 bits per heavy atom. The van der Waals surface area contributed by atoms with Crippen molar-refractivity contribution in [1.82, 2.24) is 4.98 Å². The predicted molar refractivity (Wildman–Crippen MR) is 89.4 cm³/mol. The molecule has 114 valence electrons. The van der Waals surface area contributed by atoms with Gasteiger partial charge in [-0.2, -0.15) is 0 Å². The Balaban J connectivity index is 2.00. The van der Waals surface area contributed by atoms with E-state index in [0.29, 0.717) is 16.7 Å². The van der Waals surface area contributed by atoms with E-state index in [1.165, 1.54) is 11.3 Å². The zero-order chi connectivity index (χ0) is 15.7. The number of carbonyl (C=O) groups excluding carboxylic acids is 1. The highest BCUT2D eigenvalue weighted by molar-refractivity contribution is 7.22. The first-order valence-electron chi connectivity index (χ1n) is 6.94. The van der Waals surface area contributed by atoms with Crippen molar-refractivity contribution in [2.45, 2.75) is 20.4 Å². The molecule has 0 aliphatic heterocycles. The molecule has 3 aromatic rings. The van der Waals surface area contributed by atoms with E-state index in [9.17, 15) is 4.79 Å². The van der Waals surface area contributed by atoms with E-state index in [2.05, 4.69) is 4.98 Å². The zero-order valence-electron chi connectivity index (χ0n) is 12.2. The van der Waals surface area contributed by atoms with Crippen LogP contribution in [-0.4, -0.2) is 10.9 Å². The van der Waals surface area contributed by atoms with Gasteiger partial charge in [-0.05, 0) is 30.3 Å². The number of hydrogen-bond acceptors (Lipinski definition) is 4. The molecule has 0 saturated carbocycles. The fourth-order valence-corrected chi connectivity index (χ4v) is 3.36. The number of carbonyl (C=O) groups is 1. The van der Waals surface area contributed by atoms with Gasteiger partial charge < -0.3 is 4.42 Å². The lowest BCUT2D eigenvalue weighted by Crippen LogP contribution is -2.33. The van der Waals surface area contributed by atoms with Crippen LogP contribution in [-0.2, 0) is 11.3 Å². The summed E-state index contributed by atoms with van der Waals surface area (Å²) < 4.78 is 6.33. The topological polar surface area (TPSA) is 46.3 Å². The minimum absolute atomic E-state index is 0.0153. The summed E-state index contributed by atoms with van der Waals surface area (Å²) in [5.41, 5.74) is 0.838. The first-order chi connectivity index (χ1) is 10.5. The van der Waals surface area contributed by atoms with Crippen molar-refractivity contribution in [1.29, 1.82) is 0 Å².